The third-order valence-electron chi connectivity index (χ3n) is 4.42. The zero-order valence-electron chi connectivity index (χ0n) is 15.4. The molecule has 0 bridgehead atoms. The minimum absolute atomic E-state index is 0.108. The molecule has 1 aromatic carbocycles. The molecule has 2 rings (SSSR count). The molecule has 0 spiro atoms. The van der Waals surface area contributed by atoms with Gasteiger partial charge in [-0.15, -0.1) is 0 Å². The number of nitrogens with zero attached hydrogens (tertiary/aromatic N) is 1. The van der Waals surface area contributed by atoms with Crippen LogP contribution >= 0.6 is 0 Å². The topological polar surface area (TPSA) is 84.9 Å². The summed E-state index contributed by atoms with van der Waals surface area (Å²) in [6.07, 6.45) is 2.52. The molecule has 0 unspecified atom stereocenters. The van der Waals surface area contributed by atoms with Crippen molar-refractivity contribution in [1.82, 2.24) is 9.62 Å². The number of rotatable bonds is 9. The fraction of sp³-hybridized carbons (Fsp3) is 0.611. The molecule has 0 aromatic heterocycles. The van der Waals surface area contributed by atoms with Crippen molar-refractivity contribution in [3.8, 4) is 5.75 Å². The molecule has 1 saturated heterocycles. The summed E-state index contributed by atoms with van der Waals surface area (Å²) in [6.45, 7) is 4.28. The second kappa shape index (κ2) is 9.89. The predicted octanol–water partition coefficient (Wildman–Crippen LogP) is 1.64. The van der Waals surface area contributed by atoms with Crippen molar-refractivity contribution in [1.29, 1.82) is 0 Å². The minimum Gasteiger partial charge on any atom is -0.484 e. The molecular formula is C18H28N2O5S. The van der Waals surface area contributed by atoms with E-state index in [0.717, 1.165) is 19.3 Å². The van der Waals surface area contributed by atoms with E-state index in [9.17, 15) is 13.2 Å². The van der Waals surface area contributed by atoms with E-state index in [1.54, 1.807) is 19.2 Å². The number of amides is 1. The van der Waals surface area contributed by atoms with Crippen molar-refractivity contribution in [3.05, 3.63) is 24.3 Å². The van der Waals surface area contributed by atoms with Gasteiger partial charge in [-0.3, -0.25) is 4.79 Å². The van der Waals surface area contributed by atoms with Gasteiger partial charge in [0.15, 0.2) is 6.61 Å². The van der Waals surface area contributed by atoms with E-state index < -0.39 is 10.0 Å². The Hall–Kier alpha value is -1.64. The molecule has 1 aliphatic rings. The average molecular weight is 384 g/mol. The van der Waals surface area contributed by atoms with Crippen molar-refractivity contribution in [3.63, 3.8) is 0 Å². The van der Waals surface area contributed by atoms with Gasteiger partial charge in [0.1, 0.15) is 5.75 Å². The molecule has 7 nitrogen and oxygen atoms in total. The van der Waals surface area contributed by atoms with Gasteiger partial charge in [-0.05, 0) is 49.4 Å². The summed E-state index contributed by atoms with van der Waals surface area (Å²) >= 11 is 0. The van der Waals surface area contributed by atoms with Crippen LogP contribution in [0.25, 0.3) is 0 Å². The molecule has 1 heterocycles. The van der Waals surface area contributed by atoms with E-state index in [0.29, 0.717) is 37.9 Å². The Bertz CT molecular complexity index is 667. The molecule has 0 radical (unpaired) electrons. The first-order valence-corrected chi connectivity index (χ1v) is 10.4. The van der Waals surface area contributed by atoms with Crippen LogP contribution in [0.15, 0.2) is 29.2 Å². The summed E-state index contributed by atoms with van der Waals surface area (Å²) in [5, 5.41) is 2.72. The van der Waals surface area contributed by atoms with Crippen LogP contribution in [0.5, 0.6) is 5.75 Å². The predicted molar refractivity (Wildman–Crippen MR) is 98.6 cm³/mol. The SMILES string of the molecule is COCCCNC(=O)COc1ccc(S(=O)(=O)N2CCC(C)CC2)cc1. The molecule has 1 aromatic rings. The van der Waals surface area contributed by atoms with E-state index in [4.69, 9.17) is 9.47 Å². The molecule has 1 aliphatic heterocycles. The number of sulfonamides is 1. The first-order valence-electron chi connectivity index (χ1n) is 8.92. The molecule has 1 N–H and O–H groups in total. The van der Waals surface area contributed by atoms with Crippen molar-refractivity contribution in [2.24, 2.45) is 5.92 Å². The normalized spacial score (nSPS) is 16.4. The van der Waals surface area contributed by atoms with Crippen molar-refractivity contribution >= 4 is 15.9 Å². The number of benzene rings is 1. The van der Waals surface area contributed by atoms with Crippen LogP contribution < -0.4 is 10.1 Å². The molecule has 146 valence electrons. The lowest BCUT2D eigenvalue weighted by atomic mass is 10.0. The molecule has 0 atom stereocenters. The summed E-state index contributed by atoms with van der Waals surface area (Å²) < 4.78 is 37.2. The monoisotopic (exact) mass is 384 g/mol. The fourth-order valence-electron chi connectivity index (χ4n) is 2.73. The van der Waals surface area contributed by atoms with Crippen LogP contribution in [0.3, 0.4) is 0 Å². The standard InChI is InChI=1S/C18H28N2O5S/c1-15-8-11-20(12-9-15)26(22,23)17-6-4-16(5-7-17)25-14-18(21)19-10-3-13-24-2/h4-7,15H,3,8-14H2,1-2H3,(H,19,21). The number of ether oxygens (including phenoxy) is 2. The summed E-state index contributed by atoms with van der Waals surface area (Å²) in [5.74, 6) is 0.807. The molecule has 26 heavy (non-hydrogen) atoms. The number of carbonyl (C=O) groups is 1. The van der Waals surface area contributed by atoms with Crippen LogP contribution in [-0.2, 0) is 19.6 Å². The number of hydrogen-bond acceptors (Lipinski definition) is 5. The Kier molecular flexibility index (Phi) is 7.86. The van der Waals surface area contributed by atoms with Gasteiger partial charge in [-0.25, -0.2) is 8.42 Å². The van der Waals surface area contributed by atoms with Gasteiger partial charge in [-0.1, -0.05) is 6.92 Å². The summed E-state index contributed by atoms with van der Waals surface area (Å²) in [6, 6.07) is 6.22. The first kappa shape index (κ1) is 20.7. The van der Waals surface area contributed by atoms with E-state index in [1.165, 1.54) is 16.4 Å². The summed E-state index contributed by atoms with van der Waals surface area (Å²) in [5.41, 5.74) is 0. The molecule has 1 amide bonds. The highest BCUT2D eigenvalue weighted by Gasteiger charge is 2.27. The number of carbonyl (C=O) groups excluding carboxylic acids is 1. The number of methoxy groups -OCH3 is 1. The largest absolute Gasteiger partial charge is 0.484 e. The highest BCUT2D eigenvalue weighted by atomic mass is 32.2. The van der Waals surface area contributed by atoms with E-state index >= 15 is 0 Å². The van der Waals surface area contributed by atoms with E-state index in [1.807, 2.05) is 0 Å². The zero-order chi connectivity index (χ0) is 19.0. The Morgan fingerprint density at radius 2 is 1.88 bits per heavy atom. The number of nitrogens with one attached hydrogen (secondary N) is 1. The van der Waals surface area contributed by atoms with Gasteiger partial charge in [-0.2, -0.15) is 4.31 Å². The van der Waals surface area contributed by atoms with E-state index in [2.05, 4.69) is 12.2 Å². The third-order valence-corrected chi connectivity index (χ3v) is 6.33. The van der Waals surface area contributed by atoms with Gasteiger partial charge in [0.2, 0.25) is 10.0 Å². The zero-order valence-corrected chi connectivity index (χ0v) is 16.3. The van der Waals surface area contributed by atoms with Crippen molar-refractivity contribution in [2.45, 2.75) is 31.1 Å². The summed E-state index contributed by atoms with van der Waals surface area (Å²) in [4.78, 5) is 11.9. The molecular weight excluding hydrogens is 356 g/mol. The number of hydrogen-bond donors (Lipinski definition) is 1. The maximum absolute atomic E-state index is 12.7. The lowest BCUT2D eigenvalue weighted by Crippen LogP contribution is -2.37. The van der Waals surface area contributed by atoms with Gasteiger partial charge >= 0.3 is 0 Å². The molecule has 8 heteroatoms. The lowest BCUT2D eigenvalue weighted by molar-refractivity contribution is -0.123. The van der Waals surface area contributed by atoms with Gasteiger partial charge < -0.3 is 14.8 Å². The third kappa shape index (κ3) is 5.96. The molecule has 0 aliphatic carbocycles. The second-order valence-corrected chi connectivity index (χ2v) is 8.48. The Morgan fingerprint density at radius 3 is 2.50 bits per heavy atom. The van der Waals surface area contributed by atoms with Gasteiger partial charge in [0.05, 0.1) is 4.90 Å². The first-order chi connectivity index (χ1) is 12.4. The maximum atomic E-state index is 12.7. The Labute approximate surface area is 155 Å². The Balaban J connectivity index is 1.84. The second-order valence-electron chi connectivity index (χ2n) is 6.54. The van der Waals surface area contributed by atoms with Crippen LogP contribution in [0.2, 0.25) is 0 Å². The Morgan fingerprint density at radius 1 is 1.23 bits per heavy atom. The number of piperidine rings is 1. The smallest absolute Gasteiger partial charge is 0.257 e. The van der Waals surface area contributed by atoms with Crippen molar-refractivity contribution < 1.29 is 22.7 Å². The summed E-state index contributed by atoms with van der Waals surface area (Å²) in [7, 11) is -1.85. The van der Waals surface area contributed by atoms with E-state index in [-0.39, 0.29) is 17.4 Å². The van der Waals surface area contributed by atoms with Crippen molar-refractivity contribution in [2.75, 3.05) is 40.0 Å². The molecule has 0 saturated carbocycles. The van der Waals surface area contributed by atoms with Crippen LogP contribution in [0.4, 0.5) is 0 Å². The molecule has 1 fully saturated rings. The quantitative estimate of drug-likeness (QED) is 0.654. The van der Waals surface area contributed by atoms with Crippen LogP contribution in [-0.4, -0.2) is 58.6 Å². The van der Waals surface area contributed by atoms with Crippen LogP contribution in [0, 0.1) is 5.92 Å². The highest BCUT2D eigenvalue weighted by molar-refractivity contribution is 7.89. The lowest BCUT2D eigenvalue weighted by Gasteiger charge is -2.29. The maximum Gasteiger partial charge on any atom is 0.257 e. The fourth-order valence-corrected chi connectivity index (χ4v) is 4.20. The average Bonchev–Trinajstić information content (AvgIpc) is 2.64. The highest BCUT2D eigenvalue weighted by Crippen LogP contribution is 2.24. The minimum atomic E-state index is -3.46. The van der Waals surface area contributed by atoms with Gasteiger partial charge in [0.25, 0.3) is 5.91 Å². The van der Waals surface area contributed by atoms with Crippen LogP contribution in [0.1, 0.15) is 26.2 Å². The van der Waals surface area contributed by atoms with Gasteiger partial charge in [0, 0.05) is 33.4 Å².